The zero-order valence-corrected chi connectivity index (χ0v) is 15.1. The van der Waals surface area contributed by atoms with Gasteiger partial charge in [0.2, 0.25) is 0 Å². The third-order valence-corrected chi connectivity index (χ3v) is 4.88. The predicted molar refractivity (Wildman–Crippen MR) is 86.0 cm³/mol. The highest BCUT2D eigenvalue weighted by molar-refractivity contribution is 9.11. The minimum absolute atomic E-state index is 0.117. The van der Waals surface area contributed by atoms with Crippen LogP contribution in [-0.4, -0.2) is 25.5 Å². The van der Waals surface area contributed by atoms with Crippen LogP contribution in [0.1, 0.15) is 5.56 Å². The molecule has 0 aliphatic rings. The fraction of sp³-hybridized carbons (Fsp3) is 0.167. The number of aryl methyl sites for hydroxylation is 1. The van der Waals surface area contributed by atoms with Gasteiger partial charge < -0.3 is 4.74 Å². The second kappa shape index (κ2) is 6.29. The summed E-state index contributed by atoms with van der Waals surface area (Å²) in [5.74, 6) is 0.741. The summed E-state index contributed by atoms with van der Waals surface area (Å²) in [4.78, 5) is 8.12. The topological polar surface area (TPSA) is 81.2 Å². The molecule has 0 fully saturated rings. The van der Waals surface area contributed by atoms with Crippen LogP contribution in [-0.2, 0) is 10.0 Å². The lowest BCUT2D eigenvalue weighted by Gasteiger charge is -2.10. The molecule has 2 rings (SSSR count). The highest BCUT2D eigenvalue weighted by Crippen LogP contribution is 2.25. The van der Waals surface area contributed by atoms with E-state index in [0.29, 0.717) is 15.0 Å². The van der Waals surface area contributed by atoms with Gasteiger partial charge in [0.05, 0.1) is 18.2 Å². The molecule has 0 amide bonds. The molecule has 21 heavy (non-hydrogen) atoms. The highest BCUT2D eigenvalue weighted by atomic mass is 79.9. The molecular formula is C12H11Br2N3O3S. The van der Waals surface area contributed by atoms with Gasteiger partial charge in [0, 0.05) is 0 Å². The van der Waals surface area contributed by atoms with Crippen LogP contribution in [0.3, 0.4) is 0 Å². The fourth-order valence-corrected chi connectivity index (χ4v) is 3.76. The highest BCUT2D eigenvalue weighted by Gasteiger charge is 2.18. The SMILES string of the molecule is COc1ccc(S(=O)(=O)Nc2ncc(Br)nc2Br)cc1C. The normalized spacial score (nSPS) is 11.2. The molecule has 112 valence electrons. The number of nitrogens with zero attached hydrogens (tertiary/aromatic N) is 2. The number of hydrogen-bond acceptors (Lipinski definition) is 5. The first kappa shape index (κ1) is 16.2. The zero-order valence-electron chi connectivity index (χ0n) is 11.1. The van der Waals surface area contributed by atoms with E-state index in [2.05, 4.69) is 46.5 Å². The average Bonchev–Trinajstić information content (AvgIpc) is 2.42. The first-order valence-electron chi connectivity index (χ1n) is 5.69. The Kier molecular flexibility index (Phi) is 4.84. The van der Waals surface area contributed by atoms with Crippen molar-refractivity contribution in [1.29, 1.82) is 0 Å². The third kappa shape index (κ3) is 3.72. The van der Waals surface area contributed by atoms with Crippen LogP contribution < -0.4 is 9.46 Å². The maximum atomic E-state index is 12.3. The van der Waals surface area contributed by atoms with Gasteiger partial charge in [-0.05, 0) is 62.5 Å². The standard InChI is InChI=1S/C12H11Br2N3O3S/c1-7-5-8(3-4-9(7)20-2)21(18,19)17-12-11(14)16-10(13)6-15-12/h3-6H,1-2H3,(H,15,17). The predicted octanol–water partition coefficient (Wildman–Crippen LogP) is 3.12. The van der Waals surface area contributed by atoms with Gasteiger partial charge in [-0.25, -0.2) is 18.4 Å². The van der Waals surface area contributed by atoms with Crippen molar-refractivity contribution < 1.29 is 13.2 Å². The van der Waals surface area contributed by atoms with Crippen molar-refractivity contribution >= 4 is 47.7 Å². The first-order valence-corrected chi connectivity index (χ1v) is 8.76. The smallest absolute Gasteiger partial charge is 0.263 e. The fourth-order valence-electron chi connectivity index (χ4n) is 1.62. The number of hydrogen-bond donors (Lipinski definition) is 1. The molecule has 1 heterocycles. The summed E-state index contributed by atoms with van der Waals surface area (Å²) in [6.45, 7) is 1.77. The Morgan fingerprint density at radius 3 is 2.57 bits per heavy atom. The number of anilines is 1. The Balaban J connectivity index is 2.36. The maximum Gasteiger partial charge on any atom is 0.263 e. The van der Waals surface area contributed by atoms with Crippen LogP contribution in [0, 0.1) is 6.92 Å². The lowest BCUT2D eigenvalue weighted by Crippen LogP contribution is -2.15. The maximum absolute atomic E-state index is 12.3. The summed E-state index contributed by atoms with van der Waals surface area (Å²) in [7, 11) is -2.22. The Morgan fingerprint density at radius 2 is 2.00 bits per heavy atom. The quantitative estimate of drug-likeness (QED) is 0.796. The van der Waals surface area contributed by atoms with Gasteiger partial charge in [-0.1, -0.05) is 0 Å². The third-order valence-electron chi connectivity index (χ3n) is 2.61. The van der Waals surface area contributed by atoms with Crippen LogP contribution in [0.4, 0.5) is 5.82 Å². The van der Waals surface area contributed by atoms with E-state index in [4.69, 9.17) is 4.74 Å². The van der Waals surface area contributed by atoms with Crippen molar-refractivity contribution in [3.8, 4) is 5.75 Å². The van der Waals surface area contributed by atoms with Gasteiger partial charge >= 0.3 is 0 Å². The van der Waals surface area contributed by atoms with Gasteiger partial charge in [-0.2, -0.15) is 0 Å². The number of methoxy groups -OCH3 is 1. The Hall–Kier alpha value is -1.19. The molecule has 0 aliphatic carbocycles. The first-order chi connectivity index (χ1) is 9.83. The molecule has 0 unspecified atom stereocenters. The van der Waals surface area contributed by atoms with Crippen LogP contribution in [0.5, 0.6) is 5.75 Å². The molecule has 6 nitrogen and oxygen atoms in total. The number of ether oxygens (including phenoxy) is 1. The Labute approximate surface area is 139 Å². The molecule has 0 atom stereocenters. The van der Waals surface area contributed by atoms with Gasteiger partial charge in [-0.3, -0.25) is 4.72 Å². The lowest BCUT2D eigenvalue weighted by atomic mass is 10.2. The number of rotatable bonds is 4. The largest absolute Gasteiger partial charge is 0.496 e. The van der Waals surface area contributed by atoms with E-state index >= 15 is 0 Å². The van der Waals surface area contributed by atoms with Crippen LogP contribution >= 0.6 is 31.9 Å². The summed E-state index contributed by atoms with van der Waals surface area (Å²) in [5, 5.41) is 0. The summed E-state index contributed by atoms with van der Waals surface area (Å²) in [6, 6.07) is 4.60. The monoisotopic (exact) mass is 435 g/mol. The lowest BCUT2D eigenvalue weighted by molar-refractivity contribution is 0.411. The number of benzene rings is 1. The summed E-state index contributed by atoms with van der Waals surface area (Å²) in [5.41, 5.74) is 0.723. The minimum Gasteiger partial charge on any atom is -0.496 e. The Bertz CT molecular complexity index is 781. The second-order valence-electron chi connectivity index (χ2n) is 4.07. The summed E-state index contributed by atoms with van der Waals surface area (Å²) >= 11 is 6.31. The van der Waals surface area contributed by atoms with E-state index in [-0.39, 0.29) is 10.7 Å². The van der Waals surface area contributed by atoms with Crippen molar-refractivity contribution in [2.45, 2.75) is 11.8 Å². The average molecular weight is 437 g/mol. The molecule has 0 aliphatic heterocycles. The number of aromatic nitrogens is 2. The molecule has 0 saturated heterocycles. The summed E-state index contributed by atoms with van der Waals surface area (Å²) in [6.07, 6.45) is 1.40. The minimum atomic E-state index is -3.75. The molecule has 0 radical (unpaired) electrons. The molecule has 1 aromatic carbocycles. The van der Waals surface area contributed by atoms with Crippen molar-refractivity contribution in [3.63, 3.8) is 0 Å². The number of nitrogens with one attached hydrogen (secondary N) is 1. The summed E-state index contributed by atoms with van der Waals surface area (Å²) < 4.78 is 33.0. The van der Waals surface area contributed by atoms with Crippen LogP contribution in [0.2, 0.25) is 0 Å². The molecular weight excluding hydrogens is 426 g/mol. The van der Waals surface area contributed by atoms with Gasteiger partial charge in [0.25, 0.3) is 10.0 Å². The van der Waals surface area contributed by atoms with Crippen molar-refractivity contribution in [2.75, 3.05) is 11.8 Å². The molecule has 1 aromatic heterocycles. The van der Waals surface area contributed by atoms with E-state index in [1.807, 2.05) is 0 Å². The van der Waals surface area contributed by atoms with Crippen molar-refractivity contribution in [3.05, 3.63) is 39.2 Å². The number of halogens is 2. The van der Waals surface area contributed by atoms with Crippen LogP contribution in [0.15, 0.2) is 38.5 Å². The van der Waals surface area contributed by atoms with Crippen molar-refractivity contribution in [1.82, 2.24) is 9.97 Å². The molecule has 0 spiro atoms. The van der Waals surface area contributed by atoms with Gasteiger partial charge in [0.15, 0.2) is 10.4 Å². The Morgan fingerprint density at radius 1 is 1.29 bits per heavy atom. The van der Waals surface area contributed by atoms with Gasteiger partial charge in [0.1, 0.15) is 10.4 Å². The van der Waals surface area contributed by atoms with Crippen LogP contribution in [0.25, 0.3) is 0 Å². The van der Waals surface area contributed by atoms with E-state index in [1.54, 1.807) is 13.0 Å². The van der Waals surface area contributed by atoms with E-state index in [1.165, 1.54) is 25.4 Å². The second-order valence-corrected chi connectivity index (χ2v) is 7.32. The molecule has 9 heteroatoms. The molecule has 0 bridgehead atoms. The molecule has 0 saturated carbocycles. The van der Waals surface area contributed by atoms with E-state index in [9.17, 15) is 8.42 Å². The number of sulfonamides is 1. The molecule has 1 N–H and O–H groups in total. The van der Waals surface area contributed by atoms with Crippen molar-refractivity contribution in [2.24, 2.45) is 0 Å². The molecule has 2 aromatic rings. The van der Waals surface area contributed by atoms with E-state index < -0.39 is 10.0 Å². The zero-order chi connectivity index (χ0) is 15.6. The van der Waals surface area contributed by atoms with Gasteiger partial charge in [-0.15, -0.1) is 0 Å². The van der Waals surface area contributed by atoms with E-state index in [0.717, 1.165) is 5.56 Å².